The SMILES string of the molecule is C=CC(=O)N1CCN(c2ncc3ncnc(Nc4ccc(Oc5ccc(NC)c(NC)c5)c(C)c4P)c3n2)C[C@H]1C. The number of aromatic nitrogens is 4. The Kier molecular flexibility index (Phi) is 8.16. The third-order valence-electron chi connectivity index (χ3n) is 7.21. The van der Waals surface area contributed by atoms with Crippen LogP contribution in [-0.4, -0.2) is 70.5 Å². The number of hydrogen-bond donors (Lipinski definition) is 3. The largest absolute Gasteiger partial charge is 0.457 e. The van der Waals surface area contributed by atoms with Crippen LogP contribution >= 0.6 is 9.24 Å². The highest BCUT2D eigenvalue weighted by Crippen LogP contribution is 2.33. The molecule has 1 unspecified atom stereocenters. The predicted molar refractivity (Wildman–Crippen MR) is 168 cm³/mol. The lowest BCUT2D eigenvalue weighted by Gasteiger charge is -2.39. The third-order valence-corrected chi connectivity index (χ3v) is 7.95. The van der Waals surface area contributed by atoms with Gasteiger partial charge in [-0.2, -0.15) is 0 Å². The first kappa shape index (κ1) is 28.0. The number of piperazine rings is 1. The Balaban J connectivity index is 1.39. The molecule has 41 heavy (non-hydrogen) atoms. The number of ether oxygens (including phenoxy) is 1. The van der Waals surface area contributed by atoms with Gasteiger partial charge in [-0.1, -0.05) is 6.58 Å². The summed E-state index contributed by atoms with van der Waals surface area (Å²) >= 11 is 0. The van der Waals surface area contributed by atoms with Crippen LogP contribution in [-0.2, 0) is 4.79 Å². The molecule has 2 atom stereocenters. The van der Waals surface area contributed by atoms with Crippen LogP contribution in [0.5, 0.6) is 11.5 Å². The quantitative estimate of drug-likeness (QED) is 0.211. The molecule has 0 aliphatic carbocycles. The minimum atomic E-state index is -0.0640. The highest BCUT2D eigenvalue weighted by molar-refractivity contribution is 7.28. The fourth-order valence-corrected chi connectivity index (χ4v) is 5.18. The van der Waals surface area contributed by atoms with Gasteiger partial charge in [-0.25, -0.2) is 19.9 Å². The standard InChI is InChI=1S/C29H34N9O2P/c1-6-25(39)38-12-11-37(15-17(38)2)29-32-14-23-26(36-29)28(34-16-33-23)35-21-9-10-24(18(3)27(21)41)40-19-7-8-20(30-4)22(13-19)31-5/h6-10,13-14,16-17,30-31H,1,11-12,15,41H2,2-5H3,(H,33,34,35)/t17-/m1/s1. The lowest BCUT2D eigenvalue weighted by molar-refractivity contribution is -0.128. The molecule has 1 aliphatic heterocycles. The van der Waals surface area contributed by atoms with E-state index in [0.717, 1.165) is 39.4 Å². The summed E-state index contributed by atoms with van der Waals surface area (Å²) in [5, 5.41) is 10.7. The zero-order chi connectivity index (χ0) is 29.1. The summed E-state index contributed by atoms with van der Waals surface area (Å²) in [6.07, 6.45) is 4.56. The molecule has 12 heteroatoms. The number of amides is 1. The van der Waals surface area contributed by atoms with Crippen molar-refractivity contribution in [3.05, 3.63) is 61.1 Å². The van der Waals surface area contributed by atoms with E-state index in [4.69, 9.17) is 9.72 Å². The van der Waals surface area contributed by atoms with Crippen molar-refractivity contribution in [2.75, 3.05) is 54.6 Å². The fraction of sp³-hybridized carbons (Fsp3) is 0.276. The van der Waals surface area contributed by atoms with Crippen LogP contribution in [0.1, 0.15) is 12.5 Å². The number of anilines is 5. The van der Waals surface area contributed by atoms with Gasteiger partial charge in [-0.05, 0) is 49.5 Å². The van der Waals surface area contributed by atoms with Gasteiger partial charge in [0.1, 0.15) is 28.9 Å². The summed E-state index contributed by atoms with van der Waals surface area (Å²) < 4.78 is 6.24. The monoisotopic (exact) mass is 571 g/mol. The van der Waals surface area contributed by atoms with Gasteiger partial charge in [0, 0.05) is 57.1 Å². The predicted octanol–water partition coefficient (Wildman–Crippen LogP) is 4.07. The first-order chi connectivity index (χ1) is 19.8. The topological polar surface area (TPSA) is 120 Å². The molecule has 3 heterocycles. The lowest BCUT2D eigenvalue weighted by atomic mass is 10.2. The number of rotatable bonds is 8. The summed E-state index contributed by atoms with van der Waals surface area (Å²) in [7, 11) is 6.56. The van der Waals surface area contributed by atoms with Crippen LogP contribution in [0.2, 0.25) is 0 Å². The van der Waals surface area contributed by atoms with Crippen LogP contribution in [0.4, 0.5) is 28.8 Å². The van der Waals surface area contributed by atoms with Crippen LogP contribution in [0.25, 0.3) is 11.0 Å². The Hall–Kier alpha value is -4.50. The third kappa shape index (κ3) is 5.71. The molecule has 0 radical (unpaired) electrons. The molecule has 11 nitrogen and oxygen atoms in total. The summed E-state index contributed by atoms with van der Waals surface area (Å²) in [5.41, 5.74) is 5.01. The minimum Gasteiger partial charge on any atom is -0.457 e. The Morgan fingerprint density at radius 3 is 2.61 bits per heavy atom. The molecule has 0 saturated carbocycles. The lowest BCUT2D eigenvalue weighted by Crippen LogP contribution is -2.54. The highest BCUT2D eigenvalue weighted by atomic mass is 31.0. The average molecular weight is 572 g/mol. The van der Waals surface area contributed by atoms with Crippen LogP contribution in [0.15, 0.2) is 55.5 Å². The number of fused-ring (bicyclic) bond motifs is 1. The molecule has 1 fully saturated rings. The Labute approximate surface area is 241 Å². The first-order valence-corrected chi connectivity index (χ1v) is 13.9. The minimum absolute atomic E-state index is 0.00706. The van der Waals surface area contributed by atoms with Crippen LogP contribution in [0.3, 0.4) is 0 Å². The van der Waals surface area contributed by atoms with Gasteiger partial charge in [0.25, 0.3) is 0 Å². The van der Waals surface area contributed by atoms with Gasteiger partial charge in [0.05, 0.1) is 17.6 Å². The molecule has 1 aliphatic rings. The van der Waals surface area contributed by atoms with E-state index < -0.39 is 0 Å². The van der Waals surface area contributed by atoms with Gasteiger partial charge >= 0.3 is 0 Å². The Morgan fingerprint density at radius 1 is 1.10 bits per heavy atom. The maximum atomic E-state index is 12.1. The summed E-state index contributed by atoms with van der Waals surface area (Å²) in [4.78, 5) is 34.3. The van der Waals surface area contributed by atoms with E-state index in [1.165, 1.54) is 12.4 Å². The second-order valence-electron chi connectivity index (χ2n) is 9.74. The summed E-state index contributed by atoms with van der Waals surface area (Å²) in [6, 6.07) is 9.77. The number of nitrogens with zero attached hydrogens (tertiary/aromatic N) is 6. The van der Waals surface area contributed by atoms with Gasteiger partial charge < -0.3 is 30.5 Å². The van der Waals surface area contributed by atoms with Gasteiger partial charge in [-0.3, -0.25) is 4.79 Å². The van der Waals surface area contributed by atoms with Crippen molar-refractivity contribution in [1.82, 2.24) is 24.8 Å². The van der Waals surface area contributed by atoms with E-state index in [1.807, 2.05) is 63.2 Å². The molecule has 4 aromatic rings. The Morgan fingerprint density at radius 2 is 1.88 bits per heavy atom. The molecular formula is C29H34N9O2P. The number of carbonyl (C=O) groups is 1. The van der Waals surface area contributed by atoms with E-state index in [1.54, 1.807) is 6.20 Å². The highest BCUT2D eigenvalue weighted by Gasteiger charge is 2.27. The van der Waals surface area contributed by atoms with Crippen molar-refractivity contribution in [1.29, 1.82) is 0 Å². The zero-order valence-electron chi connectivity index (χ0n) is 23.6. The van der Waals surface area contributed by atoms with E-state index in [2.05, 4.69) is 51.6 Å². The Bertz CT molecular complexity index is 1610. The molecule has 5 rings (SSSR count). The van der Waals surface area contributed by atoms with E-state index in [0.29, 0.717) is 42.4 Å². The second kappa shape index (κ2) is 11.9. The molecule has 0 spiro atoms. The molecule has 3 N–H and O–H groups in total. The molecular weight excluding hydrogens is 537 g/mol. The number of hydrogen-bond acceptors (Lipinski definition) is 10. The van der Waals surface area contributed by atoms with Gasteiger partial charge in [0.2, 0.25) is 11.9 Å². The fourth-order valence-electron chi connectivity index (χ4n) is 4.87. The number of nitrogens with one attached hydrogen (secondary N) is 3. The molecule has 212 valence electrons. The number of carbonyl (C=O) groups excluding carboxylic acids is 1. The molecule has 0 bridgehead atoms. The molecule has 2 aromatic heterocycles. The van der Waals surface area contributed by atoms with Crippen molar-refractivity contribution in [2.45, 2.75) is 19.9 Å². The van der Waals surface area contributed by atoms with E-state index in [-0.39, 0.29) is 11.9 Å². The number of benzene rings is 2. The van der Waals surface area contributed by atoms with Crippen molar-refractivity contribution < 1.29 is 9.53 Å². The van der Waals surface area contributed by atoms with E-state index in [9.17, 15) is 4.79 Å². The smallest absolute Gasteiger partial charge is 0.246 e. The summed E-state index contributed by atoms with van der Waals surface area (Å²) in [6.45, 7) is 9.45. The zero-order valence-corrected chi connectivity index (χ0v) is 24.8. The van der Waals surface area contributed by atoms with Gasteiger partial charge in [-0.15, -0.1) is 9.24 Å². The van der Waals surface area contributed by atoms with Crippen molar-refractivity contribution >= 4 is 60.3 Å². The second-order valence-corrected chi connectivity index (χ2v) is 10.3. The van der Waals surface area contributed by atoms with Gasteiger partial charge in [0.15, 0.2) is 5.82 Å². The molecule has 1 amide bonds. The molecule has 2 aromatic carbocycles. The molecule has 1 saturated heterocycles. The first-order valence-electron chi connectivity index (χ1n) is 13.3. The van der Waals surface area contributed by atoms with Crippen LogP contribution < -0.4 is 30.9 Å². The van der Waals surface area contributed by atoms with Crippen molar-refractivity contribution in [2.24, 2.45) is 0 Å². The maximum absolute atomic E-state index is 12.1. The summed E-state index contributed by atoms with van der Waals surface area (Å²) in [5.74, 6) is 2.57. The average Bonchev–Trinajstić information content (AvgIpc) is 3.00. The normalized spacial score (nSPS) is 15.0. The van der Waals surface area contributed by atoms with Crippen molar-refractivity contribution in [3.63, 3.8) is 0 Å². The van der Waals surface area contributed by atoms with Crippen LogP contribution in [0, 0.1) is 6.92 Å². The maximum Gasteiger partial charge on any atom is 0.246 e. The van der Waals surface area contributed by atoms with Crippen molar-refractivity contribution in [3.8, 4) is 11.5 Å². The van der Waals surface area contributed by atoms with E-state index >= 15 is 0 Å².